The Morgan fingerprint density at radius 3 is 2.62 bits per heavy atom. The first kappa shape index (κ1) is 15.5. The highest BCUT2D eigenvalue weighted by atomic mass is 16.5. The van der Waals surface area contributed by atoms with Crippen LogP contribution >= 0.6 is 0 Å². The molecule has 2 aromatic carbocycles. The molecule has 2 aromatic rings. The molecule has 3 heteroatoms. The van der Waals surface area contributed by atoms with Gasteiger partial charge in [-0.25, -0.2) is 0 Å². The van der Waals surface area contributed by atoms with Crippen LogP contribution in [0.2, 0.25) is 0 Å². The van der Waals surface area contributed by atoms with Gasteiger partial charge in [-0.05, 0) is 23.9 Å². The summed E-state index contributed by atoms with van der Waals surface area (Å²) in [5.74, 6) is 0.916. The SMILES string of the molecule is C=C(C)COCCNCc1ccc(OC)c2ccccc12. The van der Waals surface area contributed by atoms with Crippen molar-refractivity contribution in [3.8, 4) is 5.75 Å². The summed E-state index contributed by atoms with van der Waals surface area (Å²) in [6, 6.07) is 12.5. The molecule has 0 radical (unpaired) electrons. The monoisotopic (exact) mass is 285 g/mol. The summed E-state index contributed by atoms with van der Waals surface area (Å²) in [7, 11) is 1.71. The minimum atomic E-state index is 0.632. The van der Waals surface area contributed by atoms with Gasteiger partial charge >= 0.3 is 0 Å². The van der Waals surface area contributed by atoms with E-state index in [-0.39, 0.29) is 0 Å². The lowest BCUT2D eigenvalue weighted by molar-refractivity contribution is 0.158. The number of hydrogen-bond donors (Lipinski definition) is 1. The van der Waals surface area contributed by atoms with Crippen molar-refractivity contribution in [2.24, 2.45) is 0 Å². The van der Waals surface area contributed by atoms with Crippen LogP contribution in [-0.4, -0.2) is 26.9 Å². The van der Waals surface area contributed by atoms with E-state index < -0.39 is 0 Å². The zero-order valence-electron chi connectivity index (χ0n) is 12.8. The maximum atomic E-state index is 5.47. The van der Waals surface area contributed by atoms with Crippen LogP contribution < -0.4 is 10.1 Å². The van der Waals surface area contributed by atoms with Crippen molar-refractivity contribution >= 4 is 10.8 Å². The number of ether oxygens (including phenoxy) is 2. The topological polar surface area (TPSA) is 30.5 Å². The molecule has 0 atom stereocenters. The van der Waals surface area contributed by atoms with Gasteiger partial charge < -0.3 is 14.8 Å². The van der Waals surface area contributed by atoms with Gasteiger partial charge in [-0.2, -0.15) is 0 Å². The summed E-state index contributed by atoms with van der Waals surface area (Å²) in [6.45, 7) is 8.76. The lowest BCUT2D eigenvalue weighted by Gasteiger charge is -2.11. The van der Waals surface area contributed by atoms with Crippen molar-refractivity contribution in [2.75, 3.05) is 26.9 Å². The highest BCUT2D eigenvalue weighted by Crippen LogP contribution is 2.28. The van der Waals surface area contributed by atoms with Gasteiger partial charge in [-0.3, -0.25) is 0 Å². The molecule has 2 rings (SSSR count). The van der Waals surface area contributed by atoms with Gasteiger partial charge in [0.2, 0.25) is 0 Å². The van der Waals surface area contributed by atoms with Crippen LogP contribution in [-0.2, 0) is 11.3 Å². The van der Waals surface area contributed by atoms with Gasteiger partial charge in [0.15, 0.2) is 0 Å². The van der Waals surface area contributed by atoms with Crippen LogP contribution in [0.1, 0.15) is 12.5 Å². The Morgan fingerprint density at radius 2 is 1.90 bits per heavy atom. The molecule has 0 saturated heterocycles. The molecule has 0 aromatic heterocycles. The summed E-state index contributed by atoms with van der Waals surface area (Å²) in [5.41, 5.74) is 2.32. The van der Waals surface area contributed by atoms with Gasteiger partial charge in [0.05, 0.1) is 20.3 Å². The molecule has 0 amide bonds. The molecule has 0 aliphatic heterocycles. The smallest absolute Gasteiger partial charge is 0.126 e. The fraction of sp³-hybridized carbons (Fsp3) is 0.333. The normalized spacial score (nSPS) is 10.8. The molecule has 21 heavy (non-hydrogen) atoms. The number of benzene rings is 2. The molecular formula is C18H23NO2. The minimum Gasteiger partial charge on any atom is -0.496 e. The van der Waals surface area contributed by atoms with Crippen LogP contribution in [0.25, 0.3) is 10.8 Å². The van der Waals surface area contributed by atoms with Crippen molar-refractivity contribution in [1.82, 2.24) is 5.32 Å². The first-order valence-electron chi connectivity index (χ1n) is 7.20. The Morgan fingerprint density at radius 1 is 1.14 bits per heavy atom. The standard InChI is InChI=1S/C18H23NO2/c1-14(2)13-21-11-10-19-12-15-8-9-18(20-3)17-7-5-4-6-16(15)17/h4-9,19H,1,10-13H2,2-3H3. The average Bonchev–Trinajstić information content (AvgIpc) is 2.50. The van der Waals surface area contributed by atoms with E-state index in [4.69, 9.17) is 9.47 Å². The molecule has 1 N–H and O–H groups in total. The maximum Gasteiger partial charge on any atom is 0.126 e. The van der Waals surface area contributed by atoms with E-state index in [1.54, 1.807) is 7.11 Å². The molecule has 0 spiro atoms. The van der Waals surface area contributed by atoms with E-state index >= 15 is 0 Å². The molecular weight excluding hydrogens is 262 g/mol. The predicted molar refractivity (Wildman–Crippen MR) is 87.8 cm³/mol. The van der Waals surface area contributed by atoms with Crippen molar-refractivity contribution in [1.29, 1.82) is 0 Å². The van der Waals surface area contributed by atoms with Crippen molar-refractivity contribution in [3.05, 3.63) is 54.1 Å². The minimum absolute atomic E-state index is 0.632. The summed E-state index contributed by atoms with van der Waals surface area (Å²) >= 11 is 0. The Labute approximate surface area is 126 Å². The van der Waals surface area contributed by atoms with Gasteiger partial charge in [0.1, 0.15) is 5.75 Å². The van der Waals surface area contributed by atoms with E-state index in [1.165, 1.54) is 10.9 Å². The quantitative estimate of drug-likeness (QED) is 0.594. The molecule has 0 heterocycles. The lowest BCUT2D eigenvalue weighted by Crippen LogP contribution is -2.19. The third-order valence-electron chi connectivity index (χ3n) is 3.28. The second-order valence-electron chi connectivity index (χ2n) is 5.16. The van der Waals surface area contributed by atoms with Crippen LogP contribution in [0.5, 0.6) is 5.75 Å². The molecule has 0 unspecified atom stereocenters. The second-order valence-corrected chi connectivity index (χ2v) is 5.16. The Bertz CT molecular complexity index is 607. The third kappa shape index (κ3) is 4.31. The number of hydrogen-bond acceptors (Lipinski definition) is 3. The van der Waals surface area contributed by atoms with Crippen LogP contribution in [0.4, 0.5) is 0 Å². The summed E-state index contributed by atoms with van der Waals surface area (Å²) in [6.07, 6.45) is 0. The number of rotatable bonds is 8. The molecule has 0 fully saturated rings. The maximum absolute atomic E-state index is 5.47. The molecule has 0 saturated carbocycles. The van der Waals surface area contributed by atoms with E-state index in [0.29, 0.717) is 13.2 Å². The van der Waals surface area contributed by atoms with Gasteiger partial charge in [-0.15, -0.1) is 0 Å². The highest BCUT2D eigenvalue weighted by Gasteiger charge is 2.05. The largest absolute Gasteiger partial charge is 0.496 e. The Hall–Kier alpha value is -1.84. The van der Waals surface area contributed by atoms with Crippen LogP contribution in [0.3, 0.4) is 0 Å². The third-order valence-corrected chi connectivity index (χ3v) is 3.28. The molecule has 0 aliphatic rings. The number of fused-ring (bicyclic) bond motifs is 1. The molecule has 0 bridgehead atoms. The highest BCUT2D eigenvalue weighted by molar-refractivity contribution is 5.91. The van der Waals surface area contributed by atoms with Crippen molar-refractivity contribution in [2.45, 2.75) is 13.5 Å². The van der Waals surface area contributed by atoms with Crippen LogP contribution in [0.15, 0.2) is 48.6 Å². The zero-order chi connectivity index (χ0) is 15.1. The van der Waals surface area contributed by atoms with E-state index in [9.17, 15) is 0 Å². The van der Waals surface area contributed by atoms with E-state index in [0.717, 1.165) is 29.8 Å². The fourth-order valence-corrected chi connectivity index (χ4v) is 2.28. The zero-order valence-corrected chi connectivity index (χ0v) is 12.8. The molecule has 3 nitrogen and oxygen atoms in total. The summed E-state index contributed by atoms with van der Waals surface area (Å²) in [5, 5.41) is 5.79. The molecule has 0 aliphatic carbocycles. The first-order chi connectivity index (χ1) is 10.2. The fourth-order valence-electron chi connectivity index (χ4n) is 2.28. The van der Waals surface area contributed by atoms with Gasteiger partial charge in [0.25, 0.3) is 0 Å². The molecule has 112 valence electrons. The second kappa shape index (κ2) is 7.81. The average molecular weight is 285 g/mol. The lowest BCUT2D eigenvalue weighted by atomic mass is 10.0. The van der Waals surface area contributed by atoms with Crippen molar-refractivity contribution < 1.29 is 9.47 Å². The number of nitrogens with one attached hydrogen (secondary N) is 1. The van der Waals surface area contributed by atoms with Crippen molar-refractivity contribution in [3.63, 3.8) is 0 Å². The van der Waals surface area contributed by atoms with Crippen LogP contribution in [0, 0.1) is 0 Å². The van der Waals surface area contributed by atoms with E-state index in [1.807, 2.05) is 19.1 Å². The Kier molecular flexibility index (Phi) is 5.78. The Balaban J connectivity index is 1.95. The first-order valence-corrected chi connectivity index (χ1v) is 7.20. The number of methoxy groups -OCH3 is 1. The van der Waals surface area contributed by atoms with Gasteiger partial charge in [0, 0.05) is 18.5 Å². The summed E-state index contributed by atoms with van der Waals surface area (Å²) in [4.78, 5) is 0. The summed E-state index contributed by atoms with van der Waals surface area (Å²) < 4.78 is 10.9. The predicted octanol–water partition coefficient (Wildman–Crippen LogP) is 3.53. The van der Waals surface area contributed by atoms with Gasteiger partial charge in [-0.1, -0.05) is 42.5 Å². The van der Waals surface area contributed by atoms with E-state index in [2.05, 4.69) is 36.2 Å².